The number of nitrogen functional groups attached to an aromatic ring is 1. The Bertz CT molecular complexity index is 686. The molecule has 7 nitrogen and oxygen atoms in total. The minimum atomic E-state index is 0.428. The molecule has 0 amide bonds. The number of nitrogens with zero attached hydrogens (tertiary/aromatic N) is 4. The number of nitrogens with two attached hydrogens (primary N) is 1. The molecule has 0 spiro atoms. The van der Waals surface area contributed by atoms with Gasteiger partial charge in [-0.05, 0) is 6.92 Å². The van der Waals surface area contributed by atoms with Crippen LogP contribution in [0.5, 0.6) is 0 Å². The fourth-order valence-corrected chi connectivity index (χ4v) is 1.74. The monoisotopic (exact) mass is 244 g/mol. The zero-order chi connectivity index (χ0) is 12.5. The van der Waals surface area contributed by atoms with Crippen LogP contribution in [0.15, 0.2) is 29.2 Å². The molecule has 3 N–H and O–H groups in total. The average molecular weight is 244 g/mol. The second kappa shape index (κ2) is 4.02. The van der Waals surface area contributed by atoms with Crippen molar-refractivity contribution in [2.24, 2.45) is 0 Å². The molecule has 0 saturated carbocycles. The maximum Gasteiger partial charge on any atom is 0.180 e. The van der Waals surface area contributed by atoms with Gasteiger partial charge in [0.15, 0.2) is 17.2 Å². The number of aromatic nitrogens is 4. The molecule has 18 heavy (non-hydrogen) atoms. The van der Waals surface area contributed by atoms with Crippen molar-refractivity contribution in [2.75, 3.05) is 11.1 Å². The van der Waals surface area contributed by atoms with Crippen molar-refractivity contribution in [2.45, 2.75) is 13.5 Å². The van der Waals surface area contributed by atoms with Gasteiger partial charge in [0.05, 0.1) is 18.4 Å². The van der Waals surface area contributed by atoms with Crippen molar-refractivity contribution in [3.63, 3.8) is 0 Å². The minimum Gasteiger partial charge on any atom is -0.382 e. The van der Waals surface area contributed by atoms with E-state index in [4.69, 9.17) is 10.3 Å². The lowest BCUT2D eigenvalue weighted by molar-refractivity contribution is 0.384. The second-order valence-corrected chi connectivity index (χ2v) is 3.96. The van der Waals surface area contributed by atoms with Crippen LogP contribution < -0.4 is 11.1 Å². The predicted octanol–water partition coefficient (Wildman–Crippen LogP) is 1.22. The van der Waals surface area contributed by atoms with Crippen molar-refractivity contribution in [1.82, 2.24) is 19.5 Å². The summed E-state index contributed by atoms with van der Waals surface area (Å²) in [5.41, 5.74) is 7.29. The van der Waals surface area contributed by atoms with Gasteiger partial charge in [-0.3, -0.25) is 0 Å². The molecule has 0 saturated heterocycles. The van der Waals surface area contributed by atoms with Gasteiger partial charge >= 0.3 is 0 Å². The molecule has 7 heteroatoms. The van der Waals surface area contributed by atoms with Crippen molar-refractivity contribution < 1.29 is 4.52 Å². The van der Waals surface area contributed by atoms with Gasteiger partial charge in [-0.1, -0.05) is 5.16 Å². The third kappa shape index (κ3) is 1.86. The van der Waals surface area contributed by atoms with E-state index in [9.17, 15) is 0 Å². The van der Waals surface area contributed by atoms with Gasteiger partial charge in [-0.2, -0.15) is 0 Å². The third-order valence-corrected chi connectivity index (χ3v) is 2.50. The van der Waals surface area contributed by atoms with Crippen LogP contribution >= 0.6 is 0 Å². The van der Waals surface area contributed by atoms with Gasteiger partial charge in [0, 0.05) is 18.5 Å². The second-order valence-electron chi connectivity index (χ2n) is 3.96. The summed E-state index contributed by atoms with van der Waals surface area (Å²) in [5.74, 6) is 1.78. The number of hydrogen-bond acceptors (Lipinski definition) is 6. The molecule has 0 bridgehead atoms. The Morgan fingerprint density at radius 1 is 1.50 bits per heavy atom. The molecule has 0 aliphatic rings. The van der Waals surface area contributed by atoms with E-state index in [0.29, 0.717) is 18.2 Å². The number of anilines is 2. The molecule has 3 heterocycles. The molecule has 3 aromatic rings. The summed E-state index contributed by atoms with van der Waals surface area (Å²) < 4.78 is 6.93. The van der Waals surface area contributed by atoms with Crippen LogP contribution in [0.4, 0.5) is 11.6 Å². The highest BCUT2D eigenvalue weighted by molar-refractivity contribution is 5.64. The molecule has 0 fully saturated rings. The van der Waals surface area contributed by atoms with E-state index in [0.717, 1.165) is 17.1 Å². The number of rotatable bonds is 3. The quantitative estimate of drug-likeness (QED) is 0.719. The SMILES string of the molecule is Cc1cc(CNc2nc(N)cn3ccnc23)on1. The number of aryl methyl sites for hydroxylation is 1. The maximum absolute atomic E-state index is 5.72. The Labute approximate surface area is 103 Å². The summed E-state index contributed by atoms with van der Waals surface area (Å²) in [7, 11) is 0. The summed E-state index contributed by atoms with van der Waals surface area (Å²) in [4.78, 5) is 8.43. The largest absolute Gasteiger partial charge is 0.382 e. The summed E-state index contributed by atoms with van der Waals surface area (Å²) in [6, 6.07) is 1.86. The van der Waals surface area contributed by atoms with E-state index >= 15 is 0 Å². The molecule has 0 atom stereocenters. The average Bonchev–Trinajstić information content (AvgIpc) is 2.94. The van der Waals surface area contributed by atoms with Crippen LogP contribution in [0, 0.1) is 6.92 Å². The summed E-state index contributed by atoms with van der Waals surface area (Å²) >= 11 is 0. The first-order valence-electron chi connectivity index (χ1n) is 5.47. The molecule has 0 unspecified atom stereocenters. The smallest absolute Gasteiger partial charge is 0.180 e. The van der Waals surface area contributed by atoms with Gasteiger partial charge in [0.25, 0.3) is 0 Å². The first kappa shape index (κ1) is 10.6. The number of hydrogen-bond donors (Lipinski definition) is 2. The Morgan fingerprint density at radius 3 is 3.17 bits per heavy atom. The maximum atomic E-state index is 5.72. The Morgan fingerprint density at radius 2 is 2.39 bits per heavy atom. The van der Waals surface area contributed by atoms with Gasteiger partial charge in [0.2, 0.25) is 0 Å². The van der Waals surface area contributed by atoms with E-state index < -0.39 is 0 Å². The zero-order valence-corrected chi connectivity index (χ0v) is 9.79. The summed E-state index contributed by atoms with van der Waals surface area (Å²) in [6.45, 7) is 2.36. The summed E-state index contributed by atoms with van der Waals surface area (Å²) in [5, 5.41) is 6.95. The molecular formula is C11H12N6O. The van der Waals surface area contributed by atoms with Crippen LogP contribution in [0.1, 0.15) is 11.5 Å². The lowest BCUT2D eigenvalue weighted by atomic mass is 10.4. The molecule has 3 rings (SSSR count). The van der Waals surface area contributed by atoms with Crippen LogP contribution in [0.25, 0.3) is 5.65 Å². The van der Waals surface area contributed by atoms with Gasteiger partial charge < -0.3 is 20.0 Å². The van der Waals surface area contributed by atoms with E-state index in [2.05, 4.69) is 20.4 Å². The number of fused-ring (bicyclic) bond motifs is 1. The molecular weight excluding hydrogens is 232 g/mol. The van der Waals surface area contributed by atoms with Crippen LogP contribution in [0.2, 0.25) is 0 Å². The van der Waals surface area contributed by atoms with E-state index in [1.807, 2.05) is 23.6 Å². The van der Waals surface area contributed by atoms with Crippen molar-refractivity contribution in [1.29, 1.82) is 0 Å². The van der Waals surface area contributed by atoms with Crippen LogP contribution in [0.3, 0.4) is 0 Å². The highest BCUT2D eigenvalue weighted by Gasteiger charge is 2.07. The van der Waals surface area contributed by atoms with E-state index in [1.165, 1.54) is 0 Å². The first-order valence-corrected chi connectivity index (χ1v) is 5.47. The van der Waals surface area contributed by atoms with Gasteiger partial charge in [0.1, 0.15) is 5.82 Å². The van der Waals surface area contributed by atoms with Gasteiger partial charge in [-0.25, -0.2) is 9.97 Å². The molecule has 0 radical (unpaired) electrons. The number of imidazole rings is 1. The van der Waals surface area contributed by atoms with E-state index in [-0.39, 0.29) is 0 Å². The highest BCUT2D eigenvalue weighted by Crippen LogP contribution is 2.15. The standard InChI is InChI=1S/C11H12N6O/c1-7-4-8(18-16-7)5-14-10-11-13-2-3-17(11)6-9(12)15-10/h2-4,6H,5,12H2,1H3,(H,14,15). The lowest BCUT2D eigenvalue weighted by Gasteiger charge is -2.05. The fraction of sp³-hybridized carbons (Fsp3) is 0.182. The number of nitrogens with one attached hydrogen (secondary N) is 1. The predicted molar refractivity (Wildman–Crippen MR) is 66.0 cm³/mol. The van der Waals surface area contributed by atoms with Crippen molar-refractivity contribution >= 4 is 17.3 Å². The molecule has 92 valence electrons. The van der Waals surface area contributed by atoms with Crippen molar-refractivity contribution in [3.05, 3.63) is 36.1 Å². The minimum absolute atomic E-state index is 0.428. The topological polar surface area (TPSA) is 94.3 Å². The Hall–Kier alpha value is -2.57. The van der Waals surface area contributed by atoms with Crippen LogP contribution in [-0.2, 0) is 6.54 Å². The fourth-order valence-electron chi connectivity index (χ4n) is 1.74. The van der Waals surface area contributed by atoms with Crippen LogP contribution in [-0.4, -0.2) is 19.5 Å². The molecule has 3 aromatic heterocycles. The highest BCUT2D eigenvalue weighted by atomic mass is 16.5. The first-order chi connectivity index (χ1) is 8.72. The Kier molecular flexibility index (Phi) is 2.36. The lowest BCUT2D eigenvalue weighted by Crippen LogP contribution is -2.05. The molecule has 0 aliphatic carbocycles. The van der Waals surface area contributed by atoms with Crippen molar-refractivity contribution in [3.8, 4) is 0 Å². The Balaban J connectivity index is 1.87. The molecule has 0 aliphatic heterocycles. The summed E-state index contributed by atoms with van der Waals surface area (Å²) in [6.07, 6.45) is 5.23. The molecule has 0 aromatic carbocycles. The zero-order valence-electron chi connectivity index (χ0n) is 9.79. The normalized spacial score (nSPS) is 10.9. The van der Waals surface area contributed by atoms with Gasteiger partial charge in [-0.15, -0.1) is 0 Å². The third-order valence-electron chi connectivity index (χ3n) is 2.50. The van der Waals surface area contributed by atoms with E-state index in [1.54, 1.807) is 12.4 Å².